The van der Waals surface area contributed by atoms with E-state index < -0.39 is 18.6 Å². The fourth-order valence-electron chi connectivity index (χ4n) is 1.73. The molecule has 0 radical (unpaired) electrons. The van der Waals surface area contributed by atoms with Crippen molar-refractivity contribution in [3.63, 3.8) is 0 Å². The van der Waals surface area contributed by atoms with E-state index in [0.29, 0.717) is 0 Å². The molecule has 0 saturated heterocycles. The first-order valence-electron chi connectivity index (χ1n) is 5.80. The van der Waals surface area contributed by atoms with Crippen LogP contribution in [0.1, 0.15) is 39.9 Å². The Balaban J connectivity index is 2.22. The summed E-state index contributed by atoms with van der Waals surface area (Å²) in [6.07, 6.45) is -5.19. The molecule has 104 valence electrons. The van der Waals surface area contributed by atoms with Gasteiger partial charge in [0.15, 0.2) is 5.78 Å². The van der Waals surface area contributed by atoms with Gasteiger partial charge in [0.1, 0.15) is 0 Å². The van der Waals surface area contributed by atoms with E-state index in [1.165, 1.54) is 48.5 Å². The van der Waals surface area contributed by atoms with E-state index in [1.54, 1.807) is 0 Å². The zero-order valence-corrected chi connectivity index (χ0v) is 10.2. The van der Waals surface area contributed by atoms with Crippen LogP contribution in [-0.4, -0.2) is 5.78 Å². The molecule has 0 heterocycles. The molecule has 0 unspecified atom stereocenters. The topological polar surface area (TPSA) is 17.1 Å². The molecule has 0 spiro atoms. The molecule has 0 aliphatic carbocycles. The molecule has 0 aliphatic rings. The summed E-state index contributed by atoms with van der Waals surface area (Å²) in [6.45, 7) is 0. The minimum absolute atomic E-state index is 0.172. The van der Waals surface area contributed by atoms with Gasteiger partial charge in [-0.05, 0) is 0 Å². The summed E-state index contributed by atoms with van der Waals surface area (Å²) in [5, 5.41) is 0. The minimum Gasteiger partial charge on any atom is -0.289 e. The quantitative estimate of drug-likeness (QED) is 0.582. The Morgan fingerprint density at radius 2 is 0.950 bits per heavy atom. The van der Waals surface area contributed by atoms with E-state index in [2.05, 4.69) is 0 Å². The maximum Gasteiger partial charge on any atom is 0.263 e. The van der Waals surface area contributed by atoms with Gasteiger partial charge in [-0.15, -0.1) is 0 Å². The van der Waals surface area contributed by atoms with Crippen molar-refractivity contribution in [2.45, 2.75) is 12.9 Å². The van der Waals surface area contributed by atoms with E-state index in [-0.39, 0.29) is 22.3 Å². The second-order valence-electron chi connectivity index (χ2n) is 4.17. The van der Waals surface area contributed by atoms with E-state index in [0.717, 1.165) is 0 Å². The van der Waals surface area contributed by atoms with Gasteiger partial charge >= 0.3 is 0 Å². The molecule has 5 heteroatoms. The highest BCUT2D eigenvalue weighted by atomic mass is 19.3. The van der Waals surface area contributed by atoms with Crippen molar-refractivity contribution in [2.24, 2.45) is 0 Å². The summed E-state index contributed by atoms with van der Waals surface area (Å²) in [7, 11) is 0. The van der Waals surface area contributed by atoms with Gasteiger partial charge < -0.3 is 0 Å². The van der Waals surface area contributed by atoms with E-state index in [1.807, 2.05) is 0 Å². The Morgan fingerprint density at radius 3 is 1.20 bits per heavy atom. The molecule has 0 N–H and O–H groups in total. The smallest absolute Gasteiger partial charge is 0.263 e. The first-order valence-corrected chi connectivity index (χ1v) is 5.80. The van der Waals surface area contributed by atoms with Crippen molar-refractivity contribution < 1.29 is 22.4 Å². The SMILES string of the molecule is O=C(c1ccc(C(F)F)cc1)c1ccc(C(F)F)cc1. The van der Waals surface area contributed by atoms with Crippen LogP contribution >= 0.6 is 0 Å². The first kappa shape index (κ1) is 14.2. The predicted octanol–water partition coefficient (Wildman–Crippen LogP) is 4.79. The second-order valence-corrected chi connectivity index (χ2v) is 4.17. The third-order valence-electron chi connectivity index (χ3n) is 2.85. The molecular weight excluding hydrogens is 272 g/mol. The minimum atomic E-state index is -2.59. The normalized spacial score (nSPS) is 11.1. The van der Waals surface area contributed by atoms with Crippen LogP contribution in [0.4, 0.5) is 17.6 Å². The van der Waals surface area contributed by atoms with Crippen molar-refractivity contribution in [2.75, 3.05) is 0 Å². The molecule has 0 saturated carbocycles. The number of alkyl halides is 4. The predicted molar refractivity (Wildman–Crippen MR) is 66.2 cm³/mol. The van der Waals surface area contributed by atoms with Gasteiger partial charge in [0.05, 0.1) is 0 Å². The summed E-state index contributed by atoms with van der Waals surface area (Å²) < 4.78 is 49.5. The Hall–Kier alpha value is -2.17. The number of rotatable bonds is 4. The molecule has 0 atom stereocenters. The van der Waals surface area contributed by atoms with E-state index in [9.17, 15) is 22.4 Å². The lowest BCUT2D eigenvalue weighted by Gasteiger charge is -2.05. The lowest BCUT2D eigenvalue weighted by atomic mass is 10.0. The van der Waals surface area contributed by atoms with Crippen LogP contribution in [0.5, 0.6) is 0 Å². The third kappa shape index (κ3) is 3.04. The Labute approximate surface area is 112 Å². The van der Waals surface area contributed by atoms with Crippen molar-refractivity contribution >= 4 is 5.78 Å². The number of benzene rings is 2. The number of hydrogen-bond donors (Lipinski definition) is 0. The molecule has 1 nitrogen and oxygen atoms in total. The first-order chi connectivity index (χ1) is 9.49. The maximum atomic E-state index is 12.4. The van der Waals surface area contributed by atoms with Crippen molar-refractivity contribution in [3.05, 3.63) is 70.8 Å². The zero-order valence-electron chi connectivity index (χ0n) is 10.2. The van der Waals surface area contributed by atoms with Crippen molar-refractivity contribution in [3.8, 4) is 0 Å². The molecule has 0 aliphatic heterocycles. The average molecular weight is 282 g/mol. The second kappa shape index (κ2) is 5.86. The average Bonchev–Trinajstić information content (AvgIpc) is 2.46. The van der Waals surface area contributed by atoms with Gasteiger partial charge in [-0.1, -0.05) is 48.5 Å². The van der Waals surface area contributed by atoms with Gasteiger partial charge in [0.25, 0.3) is 12.9 Å². The van der Waals surface area contributed by atoms with Crippen LogP contribution in [0.25, 0.3) is 0 Å². The van der Waals surface area contributed by atoms with Gasteiger partial charge in [-0.2, -0.15) is 0 Å². The largest absolute Gasteiger partial charge is 0.289 e. The van der Waals surface area contributed by atoms with Crippen LogP contribution in [0.15, 0.2) is 48.5 Å². The number of halogens is 4. The number of ketones is 1. The van der Waals surface area contributed by atoms with Crippen LogP contribution in [-0.2, 0) is 0 Å². The molecule has 0 fully saturated rings. The summed E-state index contributed by atoms with van der Waals surface area (Å²) >= 11 is 0. The van der Waals surface area contributed by atoms with Crippen LogP contribution in [0.2, 0.25) is 0 Å². The molecular formula is C15H10F4O. The fourth-order valence-corrected chi connectivity index (χ4v) is 1.73. The fraction of sp³-hybridized carbons (Fsp3) is 0.133. The van der Waals surface area contributed by atoms with Crippen LogP contribution in [0.3, 0.4) is 0 Å². The molecule has 0 bridgehead atoms. The lowest BCUT2D eigenvalue weighted by Crippen LogP contribution is -2.01. The molecule has 2 aromatic rings. The van der Waals surface area contributed by atoms with Gasteiger partial charge in [-0.25, -0.2) is 17.6 Å². The Morgan fingerprint density at radius 1 is 0.650 bits per heavy atom. The molecule has 20 heavy (non-hydrogen) atoms. The summed E-state index contributed by atoms with van der Waals surface area (Å²) in [4.78, 5) is 12.0. The standard InChI is InChI=1S/C15H10F4O/c16-14(17)11-5-1-9(2-6-11)13(20)10-3-7-12(8-4-10)15(18)19/h1-8,14-15H. The number of carbonyl (C=O) groups is 1. The highest BCUT2D eigenvalue weighted by Gasteiger charge is 2.13. The third-order valence-corrected chi connectivity index (χ3v) is 2.85. The van der Waals surface area contributed by atoms with Crippen LogP contribution < -0.4 is 0 Å². The van der Waals surface area contributed by atoms with Crippen LogP contribution in [0, 0.1) is 0 Å². The summed E-state index contributed by atoms with van der Waals surface area (Å²) in [5.74, 6) is -0.397. The number of carbonyl (C=O) groups excluding carboxylic acids is 1. The molecule has 0 aromatic heterocycles. The van der Waals surface area contributed by atoms with Gasteiger partial charge in [-0.3, -0.25) is 4.79 Å². The highest BCUT2D eigenvalue weighted by Crippen LogP contribution is 2.22. The van der Waals surface area contributed by atoms with Crippen molar-refractivity contribution in [1.29, 1.82) is 0 Å². The lowest BCUT2D eigenvalue weighted by molar-refractivity contribution is 0.103. The molecule has 2 rings (SSSR count). The van der Waals surface area contributed by atoms with Gasteiger partial charge in [0.2, 0.25) is 0 Å². The van der Waals surface area contributed by atoms with E-state index >= 15 is 0 Å². The molecule has 0 amide bonds. The monoisotopic (exact) mass is 282 g/mol. The van der Waals surface area contributed by atoms with Crippen molar-refractivity contribution in [1.82, 2.24) is 0 Å². The zero-order chi connectivity index (χ0) is 14.7. The number of hydrogen-bond acceptors (Lipinski definition) is 1. The summed E-state index contributed by atoms with van der Waals surface area (Å²) in [6, 6.07) is 9.87. The Bertz CT molecular complexity index is 535. The van der Waals surface area contributed by atoms with E-state index in [4.69, 9.17) is 0 Å². The maximum absolute atomic E-state index is 12.4. The Kier molecular flexibility index (Phi) is 4.17. The highest BCUT2D eigenvalue weighted by molar-refractivity contribution is 6.08. The molecule has 2 aromatic carbocycles. The summed E-state index contributed by atoms with van der Waals surface area (Å²) in [5.41, 5.74) is 0.127. The van der Waals surface area contributed by atoms with Gasteiger partial charge in [0, 0.05) is 22.3 Å².